The molecule has 0 atom stereocenters. The first-order valence-corrected chi connectivity index (χ1v) is 8.40. The number of nitrogens with one attached hydrogen (secondary N) is 1. The summed E-state index contributed by atoms with van der Waals surface area (Å²) in [5.74, 6) is -0.214. The number of hydrogen-bond donors (Lipinski definition) is 1. The number of nitrogens with zero attached hydrogens (tertiary/aromatic N) is 2. The SMILES string of the molecule is Fc1ccc(-c2nn(CCc3ccccc3)c3c2CNCC3)cc1. The van der Waals surface area contributed by atoms with Crippen LogP contribution in [-0.2, 0) is 25.9 Å². The normalized spacial score (nSPS) is 13.7. The molecule has 1 aliphatic heterocycles. The van der Waals surface area contributed by atoms with Crippen LogP contribution in [0.5, 0.6) is 0 Å². The van der Waals surface area contributed by atoms with Crippen LogP contribution in [0.2, 0.25) is 0 Å². The summed E-state index contributed by atoms with van der Waals surface area (Å²) in [7, 11) is 0. The molecule has 4 heteroatoms. The van der Waals surface area contributed by atoms with Gasteiger partial charge in [0.15, 0.2) is 0 Å². The van der Waals surface area contributed by atoms with Gasteiger partial charge in [0.25, 0.3) is 0 Å². The van der Waals surface area contributed by atoms with Gasteiger partial charge in [0.05, 0.1) is 5.69 Å². The molecule has 0 spiro atoms. The fourth-order valence-corrected chi connectivity index (χ4v) is 3.32. The highest BCUT2D eigenvalue weighted by molar-refractivity contribution is 5.64. The molecule has 1 aliphatic rings. The topological polar surface area (TPSA) is 29.9 Å². The van der Waals surface area contributed by atoms with Crippen molar-refractivity contribution in [2.75, 3.05) is 6.54 Å². The Morgan fingerprint density at radius 2 is 1.83 bits per heavy atom. The first-order valence-electron chi connectivity index (χ1n) is 8.40. The molecule has 0 unspecified atom stereocenters. The first kappa shape index (κ1) is 15.1. The Morgan fingerprint density at radius 1 is 1.04 bits per heavy atom. The molecule has 0 fully saturated rings. The van der Waals surface area contributed by atoms with Gasteiger partial charge in [0.1, 0.15) is 5.82 Å². The fourth-order valence-electron chi connectivity index (χ4n) is 3.32. The zero-order valence-corrected chi connectivity index (χ0v) is 13.5. The van der Waals surface area contributed by atoms with E-state index >= 15 is 0 Å². The molecule has 0 radical (unpaired) electrons. The monoisotopic (exact) mass is 321 g/mol. The van der Waals surface area contributed by atoms with Crippen molar-refractivity contribution < 1.29 is 4.39 Å². The van der Waals surface area contributed by atoms with Gasteiger partial charge in [-0.2, -0.15) is 5.10 Å². The molecule has 24 heavy (non-hydrogen) atoms. The van der Waals surface area contributed by atoms with E-state index < -0.39 is 0 Å². The van der Waals surface area contributed by atoms with Gasteiger partial charge in [-0.25, -0.2) is 4.39 Å². The summed E-state index contributed by atoms with van der Waals surface area (Å²) in [4.78, 5) is 0. The van der Waals surface area contributed by atoms with Crippen LogP contribution >= 0.6 is 0 Å². The van der Waals surface area contributed by atoms with Gasteiger partial charge in [-0.3, -0.25) is 4.68 Å². The van der Waals surface area contributed by atoms with Crippen molar-refractivity contribution in [3.05, 3.63) is 77.2 Å². The van der Waals surface area contributed by atoms with E-state index in [1.807, 2.05) is 18.2 Å². The molecule has 0 saturated heterocycles. The molecular formula is C20H20FN3. The van der Waals surface area contributed by atoms with Gasteiger partial charge in [-0.15, -0.1) is 0 Å². The summed E-state index contributed by atoms with van der Waals surface area (Å²) in [5, 5.41) is 8.28. The number of fused-ring (bicyclic) bond motifs is 1. The van der Waals surface area contributed by atoms with E-state index in [-0.39, 0.29) is 5.82 Å². The second-order valence-corrected chi connectivity index (χ2v) is 6.17. The maximum atomic E-state index is 13.2. The average Bonchev–Trinajstić information content (AvgIpc) is 3.00. The summed E-state index contributed by atoms with van der Waals surface area (Å²) in [5.41, 5.74) is 5.84. The van der Waals surface area contributed by atoms with Crippen LogP contribution in [-0.4, -0.2) is 16.3 Å². The van der Waals surface area contributed by atoms with Gasteiger partial charge in [0, 0.05) is 42.9 Å². The predicted molar refractivity (Wildman–Crippen MR) is 93.2 cm³/mol. The lowest BCUT2D eigenvalue weighted by atomic mass is 10.0. The Balaban J connectivity index is 1.66. The predicted octanol–water partition coefficient (Wildman–Crippen LogP) is 3.58. The van der Waals surface area contributed by atoms with Crippen molar-refractivity contribution in [2.45, 2.75) is 25.9 Å². The third kappa shape index (κ3) is 2.97. The molecule has 0 bridgehead atoms. The number of aromatic nitrogens is 2. The maximum Gasteiger partial charge on any atom is 0.123 e. The molecule has 122 valence electrons. The number of aryl methyl sites for hydroxylation is 2. The largest absolute Gasteiger partial charge is 0.312 e. The maximum absolute atomic E-state index is 13.2. The van der Waals surface area contributed by atoms with E-state index in [0.29, 0.717) is 0 Å². The van der Waals surface area contributed by atoms with Gasteiger partial charge in [-0.1, -0.05) is 30.3 Å². The molecule has 0 aliphatic carbocycles. The zero-order chi connectivity index (χ0) is 16.4. The summed E-state index contributed by atoms with van der Waals surface area (Å²) >= 11 is 0. The Morgan fingerprint density at radius 3 is 2.62 bits per heavy atom. The van der Waals surface area contributed by atoms with Crippen LogP contribution in [0, 0.1) is 5.82 Å². The second kappa shape index (κ2) is 6.57. The van der Waals surface area contributed by atoms with Crippen molar-refractivity contribution in [3.63, 3.8) is 0 Å². The molecule has 0 saturated carbocycles. The standard InChI is InChI=1S/C20H20FN3/c21-17-8-6-16(7-9-17)20-18-14-22-12-10-19(18)24(23-20)13-11-15-4-2-1-3-5-15/h1-9,22H,10-14H2. The van der Waals surface area contributed by atoms with Crippen LogP contribution in [0.1, 0.15) is 16.8 Å². The lowest BCUT2D eigenvalue weighted by molar-refractivity contribution is 0.551. The van der Waals surface area contributed by atoms with Crippen molar-refractivity contribution in [1.82, 2.24) is 15.1 Å². The second-order valence-electron chi connectivity index (χ2n) is 6.17. The van der Waals surface area contributed by atoms with Crippen molar-refractivity contribution in [2.24, 2.45) is 0 Å². The van der Waals surface area contributed by atoms with Crippen LogP contribution in [0.15, 0.2) is 54.6 Å². The minimum atomic E-state index is -0.214. The average molecular weight is 321 g/mol. The van der Waals surface area contributed by atoms with Crippen molar-refractivity contribution in [1.29, 1.82) is 0 Å². The number of hydrogen-bond acceptors (Lipinski definition) is 2. The fraction of sp³-hybridized carbons (Fsp3) is 0.250. The highest BCUT2D eigenvalue weighted by atomic mass is 19.1. The molecule has 1 N–H and O–H groups in total. The molecule has 3 nitrogen and oxygen atoms in total. The van der Waals surface area contributed by atoms with Gasteiger partial charge < -0.3 is 5.32 Å². The van der Waals surface area contributed by atoms with Gasteiger partial charge in [0.2, 0.25) is 0 Å². The molecule has 4 rings (SSSR count). The van der Waals surface area contributed by atoms with E-state index in [1.54, 1.807) is 0 Å². The Hall–Kier alpha value is -2.46. The zero-order valence-electron chi connectivity index (χ0n) is 13.5. The highest BCUT2D eigenvalue weighted by Crippen LogP contribution is 2.28. The van der Waals surface area contributed by atoms with Crippen LogP contribution in [0.25, 0.3) is 11.3 Å². The Bertz CT molecular complexity index is 822. The van der Waals surface area contributed by atoms with E-state index in [9.17, 15) is 4.39 Å². The van der Waals surface area contributed by atoms with E-state index in [4.69, 9.17) is 5.10 Å². The number of benzene rings is 2. The molecule has 0 amide bonds. The van der Waals surface area contributed by atoms with Gasteiger partial charge in [-0.05, 0) is 36.2 Å². The number of rotatable bonds is 4. The van der Waals surface area contributed by atoms with Crippen LogP contribution in [0.3, 0.4) is 0 Å². The van der Waals surface area contributed by atoms with Crippen molar-refractivity contribution in [3.8, 4) is 11.3 Å². The lowest BCUT2D eigenvalue weighted by Crippen LogP contribution is -2.25. The first-order chi connectivity index (χ1) is 11.8. The lowest BCUT2D eigenvalue weighted by Gasteiger charge is -2.15. The Labute approximate surface area is 141 Å². The van der Waals surface area contributed by atoms with E-state index in [1.165, 1.54) is 29.0 Å². The van der Waals surface area contributed by atoms with Crippen molar-refractivity contribution >= 4 is 0 Å². The van der Waals surface area contributed by atoms with Crippen LogP contribution in [0.4, 0.5) is 4.39 Å². The van der Waals surface area contributed by atoms with Gasteiger partial charge >= 0.3 is 0 Å². The minimum absolute atomic E-state index is 0.214. The minimum Gasteiger partial charge on any atom is -0.312 e. The summed E-state index contributed by atoms with van der Waals surface area (Å²) in [6.45, 7) is 2.67. The quantitative estimate of drug-likeness (QED) is 0.796. The summed E-state index contributed by atoms with van der Waals surface area (Å²) in [6.07, 6.45) is 1.95. The summed E-state index contributed by atoms with van der Waals surface area (Å²) in [6, 6.07) is 17.1. The van der Waals surface area contributed by atoms with E-state index in [0.717, 1.165) is 43.7 Å². The number of halogens is 1. The molecule has 3 aromatic rings. The highest BCUT2D eigenvalue weighted by Gasteiger charge is 2.21. The molecular weight excluding hydrogens is 301 g/mol. The molecule has 2 aromatic carbocycles. The third-order valence-electron chi connectivity index (χ3n) is 4.58. The smallest absolute Gasteiger partial charge is 0.123 e. The molecule has 2 heterocycles. The Kier molecular flexibility index (Phi) is 4.13. The van der Waals surface area contributed by atoms with E-state index in [2.05, 4.69) is 34.3 Å². The third-order valence-corrected chi connectivity index (χ3v) is 4.58. The summed E-state index contributed by atoms with van der Waals surface area (Å²) < 4.78 is 15.4. The molecule has 1 aromatic heterocycles. The van der Waals surface area contributed by atoms with Crippen LogP contribution < -0.4 is 5.32 Å².